The van der Waals surface area contributed by atoms with E-state index in [0.717, 1.165) is 69.4 Å². The van der Waals surface area contributed by atoms with E-state index in [2.05, 4.69) is 21.9 Å². The predicted molar refractivity (Wildman–Crippen MR) is 125 cm³/mol. The van der Waals surface area contributed by atoms with Crippen LogP contribution in [0.3, 0.4) is 0 Å². The molecule has 0 bridgehead atoms. The van der Waals surface area contributed by atoms with Crippen molar-refractivity contribution in [2.24, 2.45) is 0 Å². The standard InChI is InChI=1S/C25H30ClFN4O/c1-28-8-12-31(25(28)32)15-11-29-9-13-30(14-10-29)24-17-22(18-2-5-20(27)6-3-18)23-16-19(26)4-7-21(23)24/h2-7,16,22,24H,8-15,17H2,1H3/t22-,24+/m0/s1. The van der Waals surface area contributed by atoms with E-state index in [1.54, 1.807) is 17.0 Å². The topological polar surface area (TPSA) is 30.0 Å². The lowest BCUT2D eigenvalue weighted by molar-refractivity contribution is 0.0902. The Morgan fingerprint density at radius 2 is 1.69 bits per heavy atom. The lowest BCUT2D eigenvalue weighted by Crippen LogP contribution is -2.49. The normalized spacial score (nSPS) is 24.4. The molecule has 0 N–H and O–H groups in total. The third-order valence-electron chi connectivity index (χ3n) is 7.35. The molecule has 0 saturated carbocycles. The van der Waals surface area contributed by atoms with Crippen LogP contribution in [0.25, 0.3) is 0 Å². The highest BCUT2D eigenvalue weighted by atomic mass is 35.5. The number of hydrogen-bond acceptors (Lipinski definition) is 3. The fourth-order valence-electron chi connectivity index (χ4n) is 5.46. The monoisotopic (exact) mass is 456 g/mol. The van der Waals surface area contributed by atoms with Crippen molar-refractivity contribution in [1.82, 2.24) is 19.6 Å². The number of piperazine rings is 1. The molecule has 2 aromatic carbocycles. The van der Waals surface area contributed by atoms with Gasteiger partial charge >= 0.3 is 6.03 Å². The number of likely N-dealkylation sites (N-methyl/N-ethyl adjacent to an activating group) is 1. The zero-order valence-corrected chi connectivity index (χ0v) is 19.3. The van der Waals surface area contributed by atoms with Crippen molar-refractivity contribution >= 4 is 17.6 Å². The first-order chi connectivity index (χ1) is 15.5. The zero-order valence-electron chi connectivity index (χ0n) is 18.5. The molecule has 1 aliphatic carbocycles. The Hall–Kier alpha value is -2.15. The Labute approximate surface area is 194 Å². The van der Waals surface area contributed by atoms with Crippen LogP contribution in [0.15, 0.2) is 42.5 Å². The summed E-state index contributed by atoms with van der Waals surface area (Å²) in [6, 6.07) is 13.7. The van der Waals surface area contributed by atoms with Gasteiger partial charge in [0.15, 0.2) is 0 Å². The summed E-state index contributed by atoms with van der Waals surface area (Å²) < 4.78 is 13.5. The number of carbonyl (C=O) groups excluding carboxylic acids is 1. The van der Waals surface area contributed by atoms with Crippen LogP contribution in [0, 0.1) is 5.82 Å². The first kappa shape index (κ1) is 21.7. The molecule has 2 aromatic rings. The number of urea groups is 1. The molecular weight excluding hydrogens is 427 g/mol. The van der Waals surface area contributed by atoms with E-state index in [1.807, 2.05) is 30.1 Å². The molecule has 2 aliphatic heterocycles. The van der Waals surface area contributed by atoms with Gasteiger partial charge in [-0.15, -0.1) is 0 Å². The Bertz CT molecular complexity index is 976. The molecule has 32 heavy (non-hydrogen) atoms. The Morgan fingerprint density at radius 1 is 0.938 bits per heavy atom. The average Bonchev–Trinajstić information content (AvgIpc) is 3.33. The molecular formula is C25H30ClFN4O. The Kier molecular flexibility index (Phi) is 6.10. The van der Waals surface area contributed by atoms with Gasteiger partial charge in [0, 0.05) is 76.4 Å². The molecule has 0 aromatic heterocycles. The highest BCUT2D eigenvalue weighted by Gasteiger charge is 2.36. The van der Waals surface area contributed by atoms with Gasteiger partial charge < -0.3 is 9.80 Å². The van der Waals surface area contributed by atoms with Crippen LogP contribution in [-0.4, -0.2) is 85.0 Å². The van der Waals surface area contributed by atoms with Crippen molar-refractivity contribution in [2.75, 3.05) is 59.4 Å². The molecule has 2 amide bonds. The number of halogens is 2. The van der Waals surface area contributed by atoms with Crippen molar-refractivity contribution in [3.05, 3.63) is 70.0 Å². The SMILES string of the molecule is CN1CCN(CCN2CCN([C@@H]3C[C@@H](c4ccc(F)cc4)c4cc(Cl)ccc43)CC2)C1=O. The third-order valence-corrected chi connectivity index (χ3v) is 7.59. The van der Waals surface area contributed by atoms with Crippen LogP contribution >= 0.6 is 11.6 Å². The van der Waals surface area contributed by atoms with Gasteiger partial charge in [0.1, 0.15) is 5.82 Å². The van der Waals surface area contributed by atoms with Crippen LogP contribution in [0.2, 0.25) is 5.02 Å². The summed E-state index contributed by atoms with van der Waals surface area (Å²) in [5, 5.41) is 0.753. The maximum atomic E-state index is 13.5. The van der Waals surface area contributed by atoms with E-state index in [1.165, 1.54) is 11.1 Å². The molecule has 0 spiro atoms. The van der Waals surface area contributed by atoms with E-state index >= 15 is 0 Å². The molecule has 2 fully saturated rings. The third kappa shape index (κ3) is 4.24. The van der Waals surface area contributed by atoms with E-state index in [-0.39, 0.29) is 17.8 Å². The molecule has 0 radical (unpaired) electrons. The average molecular weight is 457 g/mol. The quantitative estimate of drug-likeness (QED) is 0.680. The maximum absolute atomic E-state index is 13.5. The van der Waals surface area contributed by atoms with Gasteiger partial charge in [-0.1, -0.05) is 29.8 Å². The van der Waals surface area contributed by atoms with E-state index in [4.69, 9.17) is 11.6 Å². The van der Waals surface area contributed by atoms with Crippen molar-refractivity contribution in [3.8, 4) is 0 Å². The van der Waals surface area contributed by atoms with Crippen molar-refractivity contribution in [2.45, 2.75) is 18.4 Å². The van der Waals surface area contributed by atoms with Crippen LogP contribution in [0.4, 0.5) is 9.18 Å². The van der Waals surface area contributed by atoms with E-state index < -0.39 is 0 Å². The molecule has 0 unspecified atom stereocenters. The lowest BCUT2D eigenvalue weighted by atomic mass is 9.93. The molecule has 2 heterocycles. The Balaban J connectivity index is 1.24. The highest BCUT2D eigenvalue weighted by molar-refractivity contribution is 6.30. The smallest absolute Gasteiger partial charge is 0.319 e. The second kappa shape index (κ2) is 9.00. The minimum atomic E-state index is -0.201. The Morgan fingerprint density at radius 3 is 2.38 bits per heavy atom. The molecule has 2 atom stereocenters. The molecule has 2 saturated heterocycles. The van der Waals surface area contributed by atoms with Gasteiger partial charge in [-0.3, -0.25) is 9.80 Å². The molecule has 170 valence electrons. The summed E-state index contributed by atoms with van der Waals surface area (Å²) in [7, 11) is 1.87. The number of carbonyl (C=O) groups is 1. The minimum Gasteiger partial charge on any atom is -0.326 e. The summed E-state index contributed by atoms with van der Waals surface area (Å²) in [4.78, 5) is 20.9. The minimum absolute atomic E-state index is 0.150. The van der Waals surface area contributed by atoms with Crippen molar-refractivity contribution in [3.63, 3.8) is 0 Å². The van der Waals surface area contributed by atoms with Crippen molar-refractivity contribution in [1.29, 1.82) is 0 Å². The van der Waals surface area contributed by atoms with Gasteiger partial charge in [-0.25, -0.2) is 9.18 Å². The fourth-order valence-corrected chi connectivity index (χ4v) is 5.64. The first-order valence-corrected chi connectivity index (χ1v) is 11.9. The lowest BCUT2D eigenvalue weighted by Gasteiger charge is -2.39. The van der Waals surface area contributed by atoms with Gasteiger partial charge in [0.25, 0.3) is 0 Å². The number of amides is 2. The molecule has 3 aliphatic rings. The molecule has 5 nitrogen and oxygen atoms in total. The largest absolute Gasteiger partial charge is 0.326 e. The second-order valence-corrected chi connectivity index (χ2v) is 9.63. The van der Waals surface area contributed by atoms with Gasteiger partial charge in [-0.05, 0) is 47.4 Å². The number of benzene rings is 2. The van der Waals surface area contributed by atoms with Crippen molar-refractivity contribution < 1.29 is 9.18 Å². The van der Waals surface area contributed by atoms with E-state index in [0.29, 0.717) is 6.04 Å². The van der Waals surface area contributed by atoms with E-state index in [9.17, 15) is 9.18 Å². The summed E-state index contributed by atoms with van der Waals surface area (Å²) in [6.45, 7) is 7.45. The van der Waals surface area contributed by atoms with Gasteiger partial charge in [0.05, 0.1) is 0 Å². The first-order valence-electron chi connectivity index (χ1n) is 11.5. The predicted octanol–water partition coefficient (Wildman–Crippen LogP) is 4.04. The van der Waals surface area contributed by atoms with Crippen LogP contribution in [0.1, 0.15) is 35.1 Å². The second-order valence-electron chi connectivity index (χ2n) is 9.20. The summed E-state index contributed by atoms with van der Waals surface area (Å²) in [5.74, 6) is 0.0403. The van der Waals surface area contributed by atoms with Crippen LogP contribution in [-0.2, 0) is 0 Å². The van der Waals surface area contributed by atoms with Gasteiger partial charge in [-0.2, -0.15) is 0 Å². The molecule has 7 heteroatoms. The number of hydrogen-bond donors (Lipinski definition) is 0. The molecule has 5 rings (SSSR count). The number of nitrogens with zero attached hydrogens (tertiary/aromatic N) is 4. The number of rotatable bonds is 5. The summed E-state index contributed by atoms with van der Waals surface area (Å²) >= 11 is 6.35. The van der Waals surface area contributed by atoms with Crippen LogP contribution < -0.4 is 0 Å². The highest BCUT2D eigenvalue weighted by Crippen LogP contribution is 2.47. The summed E-state index contributed by atoms with van der Waals surface area (Å²) in [5.41, 5.74) is 3.77. The maximum Gasteiger partial charge on any atom is 0.319 e. The summed E-state index contributed by atoms with van der Waals surface area (Å²) in [6.07, 6.45) is 0.996. The van der Waals surface area contributed by atoms with Gasteiger partial charge in [0.2, 0.25) is 0 Å². The zero-order chi connectivity index (χ0) is 22.2. The fraction of sp³-hybridized carbons (Fsp3) is 0.480. The van der Waals surface area contributed by atoms with Crippen LogP contribution in [0.5, 0.6) is 0 Å². The number of fused-ring (bicyclic) bond motifs is 1.